The summed E-state index contributed by atoms with van der Waals surface area (Å²) in [5.74, 6) is 2.13. The first-order valence-corrected chi connectivity index (χ1v) is 6.77. The van der Waals surface area contributed by atoms with E-state index >= 15 is 0 Å². The van der Waals surface area contributed by atoms with Crippen LogP contribution >= 0.6 is 11.6 Å². The van der Waals surface area contributed by atoms with Crippen molar-refractivity contribution in [1.82, 2.24) is 10.3 Å². The molecule has 1 aromatic heterocycles. The zero-order valence-corrected chi connectivity index (χ0v) is 11.2. The highest BCUT2D eigenvalue weighted by molar-refractivity contribution is 6.30. The highest BCUT2D eigenvalue weighted by Gasteiger charge is 2.30. The third-order valence-electron chi connectivity index (χ3n) is 3.96. The maximum Gasteiger partial charge on any atom is 0.171 e. The number of methoxy groups -OCH3 is 1. The summed E-state index contributed by atoms with van der Waals surface area (Å²) in [7, 11) is 1.62. The van der Waals surface area contributed by atoms with Crippen LogP contribution in [0.4, 0.5) is 0 Å². The largest absolute Gasteiger partial charge is 0.494 e. The molecule has 1 fully saturated rings. The zero-order valence-electron chi connectivity index (χ0n) is 10.4. The summed E-state index contributed by atoms with van der Waals surface area (Å²) in [5.41, 5.74) is 2.53. The molecule has 2 atom stereocenters. The maximum atomic E-state index is 5.96. The molecule has 1 aliphatic heterocycles. The van der Waals surface area contributed by atoms with Crippen molar-refractivity contribution in [2.45, 2.75) is 12.8 Å². The van der Waals surface area contributed by atoms with Crippen molar-refractivity contribution in [3.8, 4) is 5.75 Å². The number of allylic oxidation sites excluding steroid dienone is 2. The van der Waals surface area contributed by atoms with E-state index < -0.39 is 0 Å². The fourth-order valence-corrected chi connectivity index (χ4v) is 3.14. The van der Waals surface area contributed by atoms with Crippen molar-refractivity contribution in [3.05, 3.63) is 29.1 Å². The van der Waals surface area contributed by atoms with Crippen LogP contribution in [0.15, 0.2) is 18.3 Å². The Hall–Kier alpha value is -1.06. The first-order chi connectivity index (χ1) is 8.78. The van der Waals surface area contributed by atoms with Gasteiger partial charge in [-0.15, -0.1) is 0 Å². The van der Waals surface area contributed by atoms with Crippen LogP contribution in [-0.4, -0.2) is 25.2 Å². The highest BCUT2D eigenvalue weighted by Crippen LogP contribution is 2.40. The number of nitrogens with one attached hydrogen (secondary N) is 1. The van der Waals surface area contributed by atoms with E-state index in [4.69, 9.17) is 16.3 Å². The lowest BCUT2D eigenvalue weighted by atomic mass is 9.89. The normalized spacial score (nSPS) is 26.7. The van der Waals surface area contributed by atoms with Crippen molar-refractivity contribution in [2.75, 3.05) is 20.2 Å². The van der Waals surface area contributed by atoms with Crippen LogP contribution in [0.3, 0.4) is 0 Å². The molecule has 1 aliphatic carbocycles. The van der Waals surface area contributed by atoms with Crippen LogP contribution < -0.4 is 10.1 Å². The van der Waals surface area contributed by atoms with Gasteiger partial charge in [0.2, 0.25) is 0 Å². The predicted molar refractivity (Wildman–Crippen MR) is 72.9 cm³/mol. The van der Waals surface area contributed by atoms with Crippen LogP contribution in [0.25, 0.3) is 5.57 Å². The van der Waals surface area contributed by atoms with Gasteiger partial charge in [-0.1, -0.05) is 17.7 Å². The van der Waals surface area contributed by atoms with Gasteiger partial charge in [0.15, 0.2) is 10.9 Å². The third-order valence-corrected chi connectivity index (χ3v) is 4.25. The average molecular weight is 265 g/mol. The number of ether oxygens (including phenoxy) is 1. The van der Waals surface area contributed by atoms with E-state index in [1.54, 1.807) is 7.11 Å². The van der Waals surface area contributed by atoms with E-state index in [9.17, 15) is 0 Å². The Morgan fingerprint density at radius 2 is 2.39 bits per heavy atom. The second-order valence-corrected chi connectivity index (χ2v) is 5.39. The lowest BCUT2D eigenvalue weighted by molar-refractivity contribution is 0.324. The molecule has 1 saturated heterocycles. The van der Waals surface area contributed by atoms with Gasteiger partial charge in [-0.05, 0) is 55.0 Å². The molecule has 2 aliphatic rings. The fourth-order valence-electron chi connectivity index (χ4n) is 2.96. The Morgan fingerprint density at radius 3 is 3.17 bits per heavy atom. The summed E-state index contributed by atoms with van der Waals surface area (Å²) < 4.78 is 5.23. The van der Waals surface area contributed by atoms with Gasteiger partial charge in [0.05, 0.1) is 7.11 Å². The summed E-state index contributed by atoms with van der Waals surface area (Å²) in [5, 5.41) is 3.89. The molecule has 0 aromatic carbocycles. The molecular weight excluding hydrogens is 248 g/mol. The number of aromatic nitrogens is 1. The van der Waals surface area contributed by atoms with Crippen LogP contribution in [0.5, 0.6) is 5.75 Å². The van der Waals surface area contributed by atoms with Crippen molar-refractivity contribution in [2.24, 2.45) is 11.8 Å². The molecule has 0 radical (unpaired) electrons. The van der Waals surface area contributed by atoms with Gasteiger partial charge in [-0.2, -0.15) is 0 Å². The molecule has 3 rings (SSSR count). The molecule has 2 unspecified atom stereocenters. The minimum atomic E-state index is 0.430. The van der Waals surface area contributed by atoms with E-state index in [1.165, 1.54) is 12.0 Å². The second-order valence-electron chi connectivity index (χ2n) is 5.03. The Bertz CT molecular complexity index is 487. The Balaban J connectivity index is 1.87. The smallest absolute Gasteiger partial charge is 0.171 e. The van der Waals surface area contributed by atoms with E-state index in [2.05, 4.69) is 16.4 Å². The van der Waals surface area contributed by atoms with Gasteiger partial charge in [-0.3, -0.25) is 0 Å². The van der Waals surface area contributed by atoms with Gasteiger partial charge in [0.1, 0.15) is 0 Å². The summed E-state index contributed by atoms with van der Waals surface area (Å²) in [4.78, 5) is 4.20. The lowest BCUT2D eigenvalue weighted by Crippen LogP contribution is -2.33. The number of hydrogen-bond acceptors (Lipinski definition) is 3. The van der Waals surface area contributed by atoms with E-state index in [0.717, 1.165) is 36.9 Å². The maximum absolute atomic E-state index is 5.96. The molecule has 0 saturated carbocycles. The predicted octanol–water partition coefficient (Wildman–Crippen LogP) is 2.76. The van der Waals surface area contributed by atoms with E-state index in [-0.39, 0.29) is 0 Å². The standard InChI is InChI=1S/C14H17ClN2O/c1-18-13-6-12(8-17-14(13)15)10-4-9-2-3-16-7-11(9)5-10/h4,6,8-9,11,16H,2-3,5,7H2,1H3. The summed E-state index contributed by atoms with van der Waals surface area (Å²) in [6.45, 7) is 2.26. The zero-order chi connectivity index (χ0) is 12.5. The first-order valence-electron chi connectivity index (χ1n) is 6.39. The Labute approximate surface area is 112 Å². The van der Waals surface area contributed by atoms with Crippen molar-refractivity contribution in [3.63, 3.8) is 0 Å². The number of rotatable bonds is 2. The lowest BCUT2D eigenvalue weighted by Gasteiger charge is -2.25. The molecule has 3 nitrogen and oxygen atoms in total. The van der Waals surface area contributed by atoms with Crippen molar-refractivity contribution in [1.29, 1.82) is 0 Å². The third kappa shape index (κ3) is 2.13. The molecule has 1 N–H and O–H groups in total. The van der Waals surface area contributed by atoms with Crippen molar-refractivity contribution < 1.29 is 4.74 Å². The van der Waals surface area contributed by atoms with Gasteiger partial charge >= 0.3 is 0 Å². The molecule has 0 spiro atoms. The number of fused-ring (bicyclic) bond motifs is 1. The van der Waals surface area contributed by atoms with Crippen LogP contribution in [-0.2, 0) is 0 Å². The highest BCUT2D eigenvalue weighted by atomic mass is 35.5. The van der Waals surface area contributed by atoms with Gasteiger partial charge < -0.3 is 10.1 Å². The van der Waals surface area contributed by atoms with E-state index in [0.29, 0.717) is 10.9 Å². The monoisotopic (exact) mass is 264 g/mol. The number of pyridine rings is 1. The quantitative estimate of drug-likeness (QED) is 0.834. The summed E-state index contributed by atoms with van der Waals surface area (Å²) in [6, 6.07) is 1.99. The van der Waals surface area contributed by atoms with Gasteiger partial charge in [0, 0.05) is 6.20 Å². The molecule has 0 amide bonds. The molecule has 4 heteroatoms. The molecule has 0 bridgehead atoms. The minimum absolute atomic E-state index is 0.430. The SMILES string of the molecule is COc1cc(C2=CC3CCNCC3C2)cnc1Cl. The number of nitrogens with zero attached hydrogens (tertiary/aromatic N) is 1. The molecule has 1 aromatic rings. The summed E-state index contributed by atoms with van der Waals surface area (Å²) >= 11 is 5.96. The Kier molecular flexibility index (Phi) is 3.27. The molecule has 18 heavy (non-hydrogen) atoms. The number of piperidine rings is 1. The molecule has 2 heterocycles. The number of halogens is 1. The Morgan fingerprint density at radius 1 is 1.50 bits per heavy atom. The topological polar surface area (TPSA) is 34.1 Å². The van der Waals surface area contributed by atoms with Gasteiger partial charge in [-0.25, -0.2) is 4.98 Å². The van der Waals surface area contributed by atoms with Crippen molar-refractivity contribution >= 4 is 17.2 Å². The summed E-state index contributed by atoms with van der Waals surface area (Å²) in [6.07, 6.45) is 6.63. The number of hydrogen-bond donors (Lipinski definition) is 1. The molecular formula is C14H17ClN2O. The van der Waals surface area contributed by atoms with Crippen LogP contribution in [0, 0.1) is 11.8 Å². The van der Waals surface area contributed by atoms with E-state index in [1.807, 2.05) is 12.3 Å². The first kappa shape index (κ1) is 12.0. The average Bonchev–Trinajstić information content (AvgIpc) is 2.83. The molecule has 96 valence electrons. The minimum Gasteiger partial charge on any atom is -0.494 e. The van der Waals surface area contributed by atoms with Crippen LogP contribution in [0.1, 0.15) is 18.4 Å². The van der Waals surface area contributed by atoms with Crippen LogP contribution in [0.2, 0.25) is 5.15 Å². The second kappa shape index (κ2) is 4.90. The fraction of sp³-hybridized carbons (Fsp3) is 0.500. The van der Waals surface area contributed by atoms with Gasteiger partial charge in [0.25, 0.3) is 0 Å².